The number of aliphatic hydroxyl groups excluding tert-OH is 1. The minimum atomic E-state index is -4.50. The highest BCUT2D eigenvalue weighted by Gasteiger charge is 2.42. The first kappa shape index (κ1) is 18.0. The number of carbonyl (C=O) groups is 1. The number of alkyl carbamates (subject to hydrolysis) is 1. The van der Waals surface area contributed by atoms with E-state index in [4.69, 9.17) is 9.84 Å². The number of carbonyl (C=O) groups excluding carboxylic acids is 1. The maximum Gasteiger partial charge on any atom is 0.407 e. The van der Waals surface area contributed by atoms with Gasteiger partial charge in [0.1, 0.15) is 11.6 Å². The van der Waals surface area contributed by atoms with Crippen LogP contribution >= 0.6 is 0 Å². The van der Waals surface area contributed by atoms with Crippen molar-refractivity contribution in [1.82, 2.24) is 10.2 Å². The van der Waals surface area contributed by atoms with E-state index >= 15 is 0 Å². The highest BCUT2D eigenvalue weighted by Crippen LogP contribution is 2.23. The van der Waals surface area contributed by atoms with Crippen LogP contribution in [0.4, 0.5) is 18.0 Å². The third-order valence-corrected chi connectivity index (χ3v) is 2.20. The van der Waals surface area contributed by atoms with E-state index in [2.05, 4.69) is 5.32 Å². The second kappa shape index (κ2) is 6.95. The Morgan fingerprint density at radius 1 is 1.37 bits per heavy atom. The van der Waals surface area contributed by atoms with Gasteiger partial charge in [0.2, 0.25) is 0 Å². The third kappa shape index (κ3) is 7.89. The van der Waals surface area contributed by atoms with Crippen molar-refractivity contribution in [2.24, 2.45) is 0 Å². The molecule has 0 aliphatic carbocycles. The lowest BCUT2D eigenvalue weighted by atomic mass is 10.2. The van der Waals surface area contributed by atoms with Crippen molar-refractivity contribution in [2.45, 2.75) is 38.6 Å². The van der Waals surface area contributed by atoms with E-state index in [0.29, 0.717) is 0 Å². The zero-order valence-electron chi connectivity index (χ0n) is 11.5. The number of hydrogen-bond acceptors (Lipinski definition) is 4. The molecule has 8 heteroatoms. The highest BCUT2D eigenvalue weighted by molar-refractivity contribution is 5.67. The Hall–Kier alpha value is -1.02. The summed E-state index contributed by atoms with van der Waals surface area (Å²) in [4.78, 5) is 12.2. The van der Waals surface area contributed by atoms with Crippen LogP contribution in [0.15, 0.2) is 0 Å². The molecule has 0 fully saturated rings. The molecule has 0 bridgehead atoms. The lowest BCUT2D eigenvalue weighted by molar-refractivity contribution is -0.179. The van der Waals surface area contributed by atoms with Crippen molar-refractivity contribution in [3.63, 3.8) is 0 Å². The molecule has 19 heavy (non-hydrogen) atoms. The summed E-state index contributed by atoms with van der Waals surface area (Å²) >= 11 is 0. The van der Waals surface area contributed by atoms with Crippen molar-refractivity contribution >= 4 is 6.09 Å². The van der Waals surface area contributed by atoms with Gasteiger partial charge in [0.25, 0.3) is 0 Å². The van der Waals surface area contributed by atoms with Crippen LogP contribution < -0.4 is 5.32 Å². The quantitative estimate of drug-likeness (QED) is 0.801. The molecule has 0 radical (unpaired) electrons. The lowest BCUT2D eigenvalue weighted by Gasteiger charge is -2.29. The smallest absolute Gasteiger partial charge is 0.407 e. The molecular formula is C11H21F3N2O3. The summed E-state index contributed by atoms with van der Waals surface area (Å²) in [5.41, 5.74) is -0.769. The van der Waals surface area contributed by atoms with Crippen LogP contribution in [0.5, 0.6) is 0 Å². The summed E-state index contributed by atoms with van der Waals surface area (Å²) < 4.78 is 43.2. The summed E-state index contributed by atoms with van der Waals surface area (Å²) in [5, 5.41) is 10.7. The number of rotatable bonds is 5. The molecule has 1 unspecified atom stereocenters. The molecule has 0 spiro atoms. The van der Waals surface area contributed by atoms with Crippen molar-refractivity contribution in [2.75, 3.05) is 26.7 Å². The van der Waals surface area contributed by atoms with Gasteiger partial charge in [-0.05, 0) is 27.8 Å². The van der Waals surface area contributed by atoms with Gasteiger partial charge in [-0.2, -0.15) is 13.2 Å². The molecule has 114 valence electrons. The van der Waals surface area contributed by atoms with E-state index in [1.165, 1.54) is 7.05 Å². The maximum absolute atomic E-state index is 12.8. The SMILES string of the molecule is CN(CCO)C(CNC(=O)OC(C)(C)C)C(F)(F)F. The average Bonchev–Trinajstić information content (AvgIpc) is 2.12. The summed E-state index contributed by atoms with van der Waals surface area (Å²) in [6, 6.07) is -1.87. The van der Waals surface area contributed by atoms with Crippen LogP contribution in [0.25, 0.3) is 0 Å². The van der Waals surface area contributed by atoms with Gasteiger partial charge in [-0.15, -0.1) is 0 Å². The molecule has 0 aromatic rings. The van der Waals surface area contributed by atoms with Gasteiger partial charge in [0.05, 0.1) is 6.61 Å². The zero-order valence-corrected chi connectivity index (χ0v) is 11.5. The summed E-state index contributed by atoms with van der Waals surface area (Å²) in [7, 11) is 1.23. The van der Waals surface area contributed by atoms with E-state index in [0.717, 1.165) is 4.90 Å². The number of nitrogens with one attached hydrogen (secondary N) is 1. The minimum absolute atomic E-state index is 0.139. The topological polar surface area (TPSA) is 61.8 Å². The number of hydrogen-bond donors (Lipinski definition) is 2. The second-order valence-corrected chi connectivity index (χ2v) is 5.14. The molecule has 0 aliphatic rings. The van der Waals surface area contributed by atoms with Gasteiger partial charge >= 0.3 is 12.3 Å². The monoisotopic (exact) mass is 286 g/mol. The number of likely N-dealkylation sites (N-methyl/N-ethyl adjacent to an activating group) is 1. The highest BCUT2D eigenvalue weighted by atomic mass is 19.4. The van der Waals surface area contributed by atoms with Crippen molar-refractivity contribution in [3.8, 4) is 0 Å². The summed E-state index contributed by atoms with van der Waals surface area (Å²) in [6.07, 6.45) is -5.40. The number of halogens is 3. The van der Waals surface area contributed by atoms with Crippen LogP contribution in [0.2, 0.25) is 0 Å². The maximum atomic E-state index is 12.8. The molecule has 5 nitrogen and oxygen atoms in total. The molecule has 0 heterocycles. The fourth-order valence-corrected chi connectivity index (χ4v) is 1.33. The molecule has 1 atom stereocenters. The minimum Gasteiger partial charge on any atom is -0.444 e. The molecule has 0 aromatic carbocycles. The Bertz CT molecular complexity index is 290. The number of amides is 1. The zero-order chi connectivity index (χ0) is 15.3. The number of nitrogens with zero attached hydrogens (tertiary/aromatic N) is 1. The Morgan fingerprint density at radius 2 is 1.89 bits per heavy atom. The number of aliphatic hydroxyl groups is 1. The molecule has 0 saturated heterocycles. The molecular weight excluding hydrogens is 265 g/mol. The molecule has 0 rings (SSSR count). The molecule has 1 amide bonds. The molecule has 0 aromatic heterocycles. The first-order valence-corrected chi connectivity index (χ1v) is 5.82. The van der Waals surface area contributed by atoms with Gasteiger partial charge in [0, 0.05) is 13.1 Å². The van der Waals surface area contributed by atoms with Crippen LogP contribution in [-0.4, -0.2) is 60.7 Å². The van der Waals surface area contributed by atoms with E-state index in [1.807, 2.05) is 0 Å². The standard InChI is InChI=1S/C11H21F3N2O3/c1-10(2,3)19-9(18)15-7-8(11(12,13)14)16(4)5-6-17/h8,17H,5-7H2,1-4H3,(H,15,18). The Kier molecular flexibility index (Phi) is 6.58. The first-order chi connectivity index (χ1) is 8.47. The van der Waals surface area contributed by atoms with Crippen molar-refractivity contribution < 1.29 is 27.8 Å². The van der Waals surface area contributed by atoms with Gasteiger partial charge in [0.15, 0.2) is 0 Å². The fourth-order valence-electron chi connectivity index (χ4n) is 1.33. The van der Waals surface area contributed by atoms with Crippen LogP contribution in [0.1, 0.15) is 20.8 Å². The van der Waals surface area contributed by atoms with Gasteiger partial charge in [-0.25, -0.2) is 4.79 Å². The Balaban J connectivity index is 4.47. The van der Waals surface area contributed by atoms with E-state index in [9.17, 15) is 18.0 Å². The Morgan fingerprint density at radius 3 is 2.26 bits per heavy atom. The Labute approximate surface area is 110 Å². The van der Waals surface area contributed by atoms with Crippen molar-refractivity contribution in [3.05, 3.63) is 0 Å². The van der Waals surface area contributed by atoms with Crippen LogP contribution in [0.3, 0.4) is 0 Å². The van der Waals surface area contributed by atoms with Crippen LogP contribution in [0, 0.1) is 0 Å². The van der Waals surface area contributed by atoms with E-state index < -0.39 is 37.1 Å². The normalized spacial score (nSPS) is 14.4. The number of alkyl halides is 3. The fraction of sp³-hybridized carbons (Fsp3) is 0.909. The lowest BCUT2D eigenvalue weighted by Crippen LogP contribution is -2.52. The van der Waals surface area contributed by atoms with Crippen LogP contribution in [-0.2, 0) is 4.74 Å². The van der Waals surface area contributed by atoms with Crippen molar-refractivity contribution in [1.29, 1.82) is 0 Å². The largest absolute Gasteiger partial charge is 0.444 e. The van der Waals surface area contributed by atoms with E-state index in [1.54, 1.807) is 20.8 Å². The average molecular weight is 286 g/mol. The van der Waals surface area contributed by atoms with Gasteiger partial charge < -0.3 is 15.2 Å². The summed E-state index contributed by atoms with van der Waals surface area (Å²) in [5.74, 6) is 0. The van der Waals surface area contributed by atoms with E-state index in [-0.39, 0.29) is 6.54 Å². The van der Waals surface area contributed by atoms with Gasteiger partial charge in [-0.1, -0.05) is 0 Å². The first-order valence-electron chi connectivity index (χ1n) is 5.82. The predicted molar refractivity (Wildman–Crippen MR) is 63.8 cm³/mol. The molecule has 0 aliphatic heterocycles. The van der Waals surface area contributed by atoms with Gasteiger partial charge in [-0.3, -0.25) is 4.90 Å². The third-order valence-electron chi connectivity index (χ3n) is 2.20. The molecule has 2 N–H and O–H groups in total. The summed E-state index contributed by atoms with van der Waals surface area (Å²) in [6.45, 7) is 3.69. The molecule has 0 saturated carbocycles. The number of ether oxygens (including phenoxy) is 1. The second-order valence-electron chi connectivity index (χ2n) is 5.14. The predicted octanol–water partition coefficient (Wildman–Crippen LogP) is 1.37.